The molecule has 0 radical (unpaired) electrons. The highest BCUT2D eigenvalue weighted by Gasteiger charge is 2.19. The molecule has 1 aliphatic heterocycles. The zero-order valence-corrected chi connectivity index (χ0v) is 16.5. The summed E-state index contributed by atoms with van der Waals surface area (Å²) in [5.41, 5.74) is 3.34. The first kappa shape index (κ1) is 19.2. The number of rotatable bonds is 5. The fraction of sp³-hybridized carbons (Fsp3) is 0.350. The molecule has 1 saturated heterocycles. The predicted molar refractivity (Wildman–Crippen MR) is 108 cm³/mol. The highest BCUT2D eigenvalue weighted by atomic mass is 32.2. The predicted octanol–water partition coefficient (Wildman–Crippen LogP) is 2.61. The third-order valence-corrected chi connectivity index (χ3v) is 6.08. The number of sulfonamides is 1. The number of hydrogen-bond acceptors (Lipinski definition) is 4. The van der Waals surface area contributed by atoms with Crippen LogP contribution >= 0.6 is 0 Å². The molecule has 3 rings (SSSR count). The molecule has 144 valence electrons. The van der Waals surface area contributed by atoms with Gasteiger partial charge in [-0.05, 0) is 42.3 Å². The molecule has 0 saturated carbocycles. The monoisotopic (exact) mass is 387 g/mol. The first-order valence-electron chi connectivity index (χ1n) is 8.99. The van der Waals surface area contributed by atoms with Crippen LogP contribution in [0, 0.1) is 6.92 Å². The van der Waals surface area contributed by atoms with E-state index in [0.717, 1.165) is 29.9 Å². The van der Waals surface area contributed by atoms with Crippen LogP contribution in [0.15, 0.2) is 48.5 Å². The number of carbonyl (C=O) groups is 1. The summed E-state index contributed by atoms with van der Waals surface area (Å²) < 4.78 is 27.5. The van der Waals surface area contributed by atoms with E-state index in [0.29, 0.717) is 18.8 Å². The van der Waals surface area contributed by atoms with Crippen LogP contribution in [0.4, 0.5) is 11.4 Å². The number of benzene rings is 2. The maximum atomic E-state index is 12.4. The second kappa shape index (κ2) is 8.00. The number of anilines is 2. The van der Waals surface area contributed by atoms with Gasteiger partial charge < -0.3 is 9.80 Å². The van der Waals surface area contributed by atoms with Gasteiger partial charge in [0.25, 0.3) is 0 Å². The molecule has 0 bridgehead atoms. The molecule has 7 heteroatoms. The second-order valence-electron chi connectivity index (χ2n) is 6.83. The summed E-state index contributed by atoms with van der Waals surface area (Å²) in [7, 11) is -3.47. The minimum Gasteiger partial charge on any atom is -0.368 e. The van der Waals surface area contributed by atoms with Crippen molar-refractivity contribution >= 4 is 27.3 Å². The minimum absolute atomic E-state index is 0.0472. The fourth-order valence-electron chi connectivity index (χ4n) is 3.21. The number of amides is 1. The summed E-state index contributed by atoms with van der Waals surface area (Å²) in [6.07, 6.45) is 0. The van der Waals surface area contributed by atoms with Gasteiger partial charge in [-0.25, -0.2) is 8.42 Å². The topological polar surface area (TPSA) is 69.7 Å². The first-order chi connectivity index (χ1) is 12.8. The van der Waals surface area contributed by atoms with Gasteiger partial charge in [-0.15, -0.1) is 0 Å². The van der Waals surface area contributed by atoms with E-state index in [1.165, 1.54) is 0 Å². The Balaban J connectivity index is 1.62. The van der Waals surface area contributed by atoms with E-state index in [4.69, 9.17) is 0 Å². The summed E-state index contributed by atoms with van der Waals surface area (Å²) in [5, 5.41) is 0. The Labute approximate surface area is 160 Å². The molecule has 0 atom stereocenters. The van der Waals surface area contributed by atoms with Crippen molar-refractivity contribution < 1.29 is 13.2 Å². The smallest absolute Gasteiger partial charge is 0.236 e. The van der Waals surface area contributed by atoms with E-state index in [2.05, 4.69) is 9.62 Å². The lowest BCUT2D eigenvalue weighted by Crippen LogP contribution is -2.48. The maximum absolute atomic E-state index is 12.4. The van der Waals surface area contributed by atoms with Crippen molar-refractivity contribution in [2.75, 3.05) is 35.8 Å². The van der Waals surface area contributed by atoms with Crippen molar-refractivity contribution in [2.45, 2.75) is 19.6 Å². The normalized spacial score (nSPS) is 14.9. The Hall–Kier alpha value is -2.54. The number of nitrogens with one attached hydrogen (secondary N) is 1. The number of aryl methyl sites for hydroxylation is 1. The largest absolute Gasteiger partial charge is 0.368 e. The molecule has 1 heterocycles. The average Bonchev–Trinajstić information content (AvgIpc) is 2.64. The maximum Gasteiger partial charge on any atom is 0.236 e. The van der Waals surface area contributed by atoms with Crippen molar-refractivity contribution in [1.29, 1.82) is 0 Å². The molecular formula is C20H25N3O3S. The quantitative estimate of drug-likeness (QED) is 0.856. The molecule has 6 nitrogen and oxygen atoms in total. The third-order valence-electron chi connectivity index (χ3n) is 4.84. The zero-order valence-electron chi connectivity index (χ0n) is 15.7. The van der Waals surface area contributed by atoms with E-state index in [-0.39, 0.29) is 11.7 Å². The van der Waals surface area contributed by atoms with E-state index >= 15 is 0 Å². The lowest BCUT2D eigenvalue weighted by atomic mass is 10.1. The lowest BCUT2D eigenvalue weighted by Gasteiger charge is -2.35. The SMILES string of the molecule is CC(=O)N1CCN(c2ccc(NS(=O)(=O)Cc3ccccc3C)cc2)CC1. The molecule has 2 aromatic carbocycles. The summed E-state index contributed by atoms with van der Waals surface area (Å²) >= 11 is 0. The molecule has 2 aromatic rings. The Kier molecular flexibility index (Phi) is 5.70. The van der Waals surface area contributed by atoms with Gasteiger partial charge in [0, 0.05) is 44.5 Å². The lowest BCUT2D eigenvalue weighted by molar-refractivity contribution is -0.129. The van der Waals surface area contributed by atoms with Gasteiger partial charge in [0.05, 0.1) is 5.75 Å². The Morgan fingerprint density at radius 2 is 1.63 bits per heavy atom. The van der Waals surface area contributed by atoms with E-state index < -0.39 is 10.0 Å². The van der Waals surface area contributed by atoms with Gasteiger partial charge in [-0.3, -0.25) is 9.52 Å². The molecule has 27 heavy (non-hydrogen) atoms. The molecule has 1 amide bonds. The number of carbonyl (C=O) groups excluding carboxylic acids is 1. The van der Waals surface area contributed by atoms with Gasteiger partial charge in [-0.1, -0.05) is 24.3 Å². The van der Waals surface area contributed by atoms with Gasteiger partial charge in [0.1, 0.15) is 0 Å². The van der Waals surface area contributed by atoms with Crippen LogP contribution in [0.1, 0.15) is 18.1 Å². The van der Waals surface area contributed by atoms with Crippen molar-refractivity contribution in [3.63, 3.8) is 0 Å². The van der Waals surface area contributed by atoms with Crippen LogP contribution in [0.2, 0.25) is 0 Å². The van der Waals surface area contributed by atoms with Crippen molar-refractivity contribution in [1.82, 2.24) is 4.90 Å². The van der Waals surface area contributed by atoms with Crippen LogP contribution in [0.3, 0.4) is 0 Å². The number of piperazine rings is 1. The van der Waals surface area contributed by atoms with Crippen molar-refractivity contribution in [2.24, 2.45) is 0 Å². The molecule has 0 aliphatic carbocycles. The van der Waals surface area contributed by atoms with Gasteiger partial charge >= 0.3 is 0 Å². The van der Waals surface area contributed by atoms with Gasteiger partial charge in [0.15, 0.2) is 0 Å². The fourth-order valence-corrected chi connectivity index (χ4v) is 4.51. The Morgan fingerprint density at radius 3 is 2.22 bits per heavy atom. The molecule has 1 aliphatic rings. The standard InChI is InChI=1S/C20H25N3O3S/c1-16-5-3-4-6-18(16)15-27(25,26)21-19-7-9-20(10-8-19)23-13-11-22(12-14-23)17(2)24/h3-10,21H,11-15H2,1-2H3. The molecule has 1 fully saturated rings. The molecule has 0 spiro atoms. The van der Waals surface area contributed by atoms with Crippen LogP contribution < -0.4 is 9.62 Å². The summed E-state index contributed by atoms with van der Waals surface area (Å²) in [6, 6.07) is 14.9. The molecule has 1 N–H and O–H groups in total. The zero-order chi connectivity index (χ0) is 19.4. The second-order valence-corrected chi connectivity index (χ2v) is 8.55. The van der Waals surface area contributed by atoms with Crippen LogP contribution in [0.5, 0.6) is 0 Å². The van der Waals surface area contributed by atoms with Crippen LogP contribution in [-0.4, -0.2) is 45.4 Å². The van der Waals surface area contributed by atoms with Crippen molar-refractivity contribution in [3.05, 3.63) is 59.7 Å². The highest BCUT2D eigenvalue weighted by molar-refractivity contribution is 7.91. The van der Waals surface area contributed by atoms with E-state index in [9.17, 15) is 13.2 Å². The molecule has 0 aromatic heterocycles. The Bertz CT molecular complexity index is 902. The molecule has 0 unspecified atom stereocenters. The van der Waals surface area contributed by atoms with Gasteiger partial charge in [-0.2, -0.15) is 0 Å². The molecular weight excluding hydrogens is 362 g/mol. The van der Waals surface area contributed by atoms with Gasteiger partial charge in [0.2, 0.25) is 15.9 Å². The summed E-state index contributed by atoms with van der Waals surface area (Å²) in [6.45, 7) is 6.47. The number of nitrogens with zero attached hydrogens (tertiary/aromatic N) is 2. The van der Waals surface area contributed by atoms with E-state index in [1.807, 2.05) is 48.2 Å². The third kappa shape index (κ3) is 5.01. The van der Waals surface area contributed by atoms with Crippen molar-refractivity contribution in [3.8, 4) is 0 Å². The highest BCUT2D eigenvalue weighted by Crippen LogP contribution is 2.21. The summed E-state index contributed by atoms with van der Waals surface area (Å²) in [4.78, 5) is 15.5. The van der Waals surface area contributed by atoms with Crippen LogP contribution in [-0.2, 0) is 20.6 Å². The number of hydrogen-bond donors (Lipinski definition) is 1. The first-order valence-corrected chi connectivity index (χ1v) is 10.6. The summed E-state index contributed by atoms with van der Waals surface area (Å²) in [5.74, 6) is 0.0575. The van der Waals surface area contributed by atoms with E-state index in [1.54, 1.807) is 19.1 Å². The van der Waals surface area contributed by atoms with Crippen LogP contribution in [0.25, 0.3) is 0 Å². The Morgan fingerprint density at radius 1 is 1.00 bits per heavy atom. The minimum atomic E-state index is -3.47. The average molecular weight is 388 g/mol.